The van der Waals surface area contributed by atoms with Crippen molar-refractivity contribution in [2.75, 3.05) is 0 Å². The van der Waals surface area contributed by atoms with E-state index in [9.17, 15) is 0 Å². The summed E-state index contributed by atoms with van der Waals surface area (Å²) < 4.78 is 0. The number of hydrogen-bond donors (Lipinski definition) is 2. The molecule has 0 amide bonds. The van der Waals surface area contributed by atoms with E-state index in [1.54, 1.807) is 0 Å². The molecular weight excluding hydrogens is 76.1 g/mol. The smallest absolute Gasteiger partial charge is 0.0478 e. The average Bonchev–Trinajstić information content (AvgIpc) is 1.88. The third kappa shape index (κ3) is 0.150. The molecule has 0 aromatic heterocycles. The first kappa shape index (κ1) is 2.99. The Labute approximate surface area is 36.9 Å². The van der Waals surface area contributed by atoms with Crippen LogP contribution < -0.4 is 10.9 Å². The van der Waals surface area contributed by atoms with Crippen LogP contribution >= 0.6 is 0 Å². The van der Waals surface area contributed by atoms with Crippen molar-refractivity contribution in [1.82, 2.24) is 10.9 Å². The van der Waals surface area contributed by atoms with Gasteiger partial charge in [0.15, 0.2) is 0 Å². The van der Waals surface area contributed by atoms with Gasteiger partial charge in [0.1, 0.15) is 0 Å². The van der Waals surface area contributed by atoms with E-state index < -0.39 is 0 Å². The van der Waals surface area contributed by atoms with Crippen molar-refractivity contribution in [2.45, 2.75) is 24.9 Å². The molecule has 0 radical (unpaired) electrons. The Balaban J connectivity index is 2.22. The molecule has 0 aromatic carbocycles. The van der Waals surface area contributed by atoms with Gasteiger partial charge in [-0.1, -0.05) is 0 Å². The zero-order chi connectivity index (χ0) is 4.20. The fourth-order valence-corrected chi connectivity index (χ4v) is 0.888. The first-order chi connectivity index (χ1) is 2.81. The fourth-order valence-electron chi connectivity index (χ4n) is 0.888. The minimum atomic E-state index is 0.528. The quantitative estimate of drug-likeness (QED) is 0.418. The highest BCUT2D eigenvalue weighted by atomic mass is 15.6. The van der Waals surface area contributed by atoms with Crippen LogP contribution in [0.25, 0.3) is 0 Å². The van der Waals surface area contributed by atoms with E-state index in [2.05, 4.69) is 17.8 Å². The summed E-state index contributed by atoms with van der Waals surface area (Å²) in [7, 11) is 0. The molecule has 1 saturated carbocycles. The maximum atomic E-state index is 3.11. The largest absolute Gasteiger partial charge is 0.252 e. The van der Waals surface area contributed by atoms with Gasteiger partial charge in [-0.3, -0.25) is 5.43 Å². The number of hydrazine groups is 1. The lowest BCUT2D eigenvalue weighted by atomic mass is 10.3. The lowest BCUT2D eigenvalue weighted by Crippen LogP contribution is -2.57. The molecule has 2 heteroatoms. The van der Waals surface area contributed by atoms with Gasteiger partial charge in [-0.15, -0.1) is 0 Å². The van der Waals surface area contributed by atoms with Gasteiger partial charge in [0.25, 0.3) is 0 Å². The average molecular weight is 84.1 g/mol. The van der Waals surface area contributed by atoms with Crippen molar-refractivity contribution < 1.29 is 0 Å². The summed E-state index contributed by atoms with van der Waals surface area (Å²) in [4.78, 5) is 0. The molecular formula is C4H8N2. The molecule has 1 unspecified atom stereocenters. The topological polar surface area (TPSA) is 24.1 Å². The summed E-state index contributed by atoms with van der Waals surface area (Å²) in [5.41, 5.74) is 6.71. The van der Waals surface area contributed by atoms with Crippen LogP contribution in [0.4, 0.5) is 0 Å². The van der Waals surface area contributed by atoms with Gasteiger partial charge in [-0.25, -0.2) is 5.43 Å². The van der Waals surface area contributed by atoms with Crippen molar-refractivity contribution in [2.24, 2.45) is 0 Å². The van der Waals surface area contributed by atoms with Crippen LogP contribution in [0.5, 0.6) is 0 Å². The first-order valence-corrected chi connectivity index (χ1v) is 2.34. The summed E-state index contributed by atoms with van der Waals surface area (Å²) in [6.07, 6.45) is 1.33. The van der Waals surface area contributed by atoms with E-state index in [0.717, 1.165) is 6.04 Å². The van der Waals surface area contributed by atoms with Crippen LogP contribution in [0.2, 0.25) is 0 Å². The van der Waals surface area contributed by atoms with E-state index in [-0.39, 0.29) is 0 Å². The molecule has 0 spiro atoms. The zero-order valence-electron chi connectivity index (χ0n) is 3.78. The van der Waals surface area contributed by atoms with Crippen molar-refractivity contribution in [1.29, 1.82) is 0 Å². The maximum Gasteiger partial charge on any atom is 0.0478 e. The summed E-state index contributed by atoms with van der Waals surface area (Å²) in [6.45, 7) is 2.23. The molecule has 2 N–H and O–H groups in total. The van der Waals surface area contributed by atoms with Crippen LogP contribution in [-0.2, 0) is 0 Å². The highest BCUT2D eigenvalue weighted by Gasteiger charge is 2.57. The van der Waals surface area contributed by atoms with E-state index in [4.69, 9.17) is 0 Å². The van der Waals surface area contributed by atoms with Crippen LogP contribution in [0, 0.1) is 0 Å². The molecule has 34 valence electrons. The monoisotopic (exact) mass is 84.1 g/mol. The summed E-state index contributed by atoms with van der Waals surface area (Å²) >= 11 is 0. The summed E-state index contributed by atoms with van der Waals surface area (Å²) in [6, 6.07) is 0.817. The second kappa shape index (κ2) is 0.532. The minimum absolute atomic E-state index is 0.528. The van der Waals surface area contributed by atoms with E-state index in [1.807, 2.05) is 0 Å². The summed E-state index contributed by atoms with van der Waals surface area (Å²) in [5, 5.41) is 0. The van der Waals surface area contributed by atoms with Crippen molar-refractivity contribution in [3.8, 4) is 0 Å². The Hall–Kier alpha value is -0.0800. The predicted molar refractivity (Wildman–Crippen MR) is 23.1 cm³/mol. The SMILES string of the molecule is CC12C[C@@H]1NN2. The molecule has 2 atom stereocenters. The fraction of sp³-hybridized carbons (Fsp3) is 1.00. The standard InChI is InChI=1S/C4H8N2/c1-4-2-3(4)5-6-4/h3,5-6H,2H2,1H3/t3-,4?/m0/s1. The first-order valence-electron chi connectivity index (χ1n) is 2.34. The molecule has 2 rings (SSSR count). The van der Waals surface area contributed by atoms with E-state index >= 15 is 0 Å². The van der Waals surface area contributed by atoms with Gasteiger partial charge in [0, 0.05) is 11.6 Å². The second-order valence-corrected chi connectivity index (χ2v) is 2.44. The van der Waals surface area contributed by atoms with Crippen molar-refractivity contribution in [3.05, 3.63) is 0 Å². The van der Waals surface area contributed by atoms with Crippen LogP contribution in [0.1, 0.15) is 13.3 Å². The molecule has 2 aliphatic rings. The van der Waals surface area contributed by atoms with Crippen LogP contribution in [0.3, 0.4) is 0 Å². The van der Waals surface area contributed by atoms with Crippen LogP contribution in [-0.4, -0.2) is 11.6 Å². The Bertz CT molecular complexity index is 87.5. The highest BCUT2D eigenvalue weighted by Crippen LogP contribution is 2.40. The molecule has 6 heavy (non-hydrogen) atoms. The third-order valence-corrected chi connectivity index (χ3v) is 1.77. The Morgan fingerprint density at radius 1 is 1.83 bits per heavy atom. The number of hydrogen-bond acceptors (Lipinski definition) is 2. The molecule has 1 saturated heterocycles. The van der Waals surface area contributed by atoms with Gasteiger partial charge in [0.2, 0.25) is 0 Å². The van der Waals surface area contributed by atoms with Crippen LogP contribution in [0.15, 0.2) is 0 Å². The highest BCUT2D eigenvalue weighted by molar-refractivity contribution is 5.18. The lowest BCUT2D eigenvalue weighted by Gasteiger charge is -2.23. The predicted octanol–water partition coefficient (Wildman–Crippen LogP) is -0.375. The van der Waals surface area contributed by atoms with Gasteiger partial charge in [0.05, 0.1) is 0 Å². The molecule has 0 bridgehead atoms. The number of nitrogens with one attached hydrogen (secondary N) is 2. The molecule has 1 aliphatic carbocycles. The normalized spacial score (nSPS) is 62.5. The maximum absolute atomic E-state index is 3.11. The molecule has 2 nitrogen and oxygen atoms in total. The van der Waals surface area contributed by atoms with Crippen molar-refractivity contribution >= 4 is 0 Å². The van der Waals surface area contributed by atoms with Gasteiger partial charge < -0.3 is 0 Å². The minimum Gasteiger partial charge on any atom is -0.252 e. The second-order valence-electron chi connectivity index (χ2n) is 2.44. The lowest BCUT2D eigenvalue weighted by molar-refractivity contribution is 0.314. The third-order valence-electron chi connectivity index (χ3n) is 1.77. The zero-order valence-corrected chi connectivity index (χ0v) is 3.78. The van der Waals surface area contributed by atoms with Gasteiger partial charge >= 0.3 is 0 Å². The Morgan fingerprint density at radius 3 is 2.50 bits per heavy atom. The van der Waals surface area contributed by atoms with Gasteiger partial charge in [-0.2, -0.15) is 0 Å². The number of rotatable bonds is 0. The van der Waals surface area contributed by atoms with E-state index in [0.29, 0.717) is 5.54 Å². The van der Waals surface area contributed by atoms with Crippen molar-refractivity contribution in [3.63, 3.8) is 0 Å². The number of fused-ring (bicyclic) bond motifs is 1. The Kier molecular flexibility index (Phi) is 0.265. The molecule has 1 heterocycles. The van der Waals surface area contributed by atoms with E-state index in [1.165, 1.54) is 6.42 Å². The molecule has 2 fully saturated rings. The summed E-state index contributed by atoms with van der Waals surface area (Å²) in [5.74, 6) is 0. The Morgan fingerprint density at radius 2 is 2.50 bits per heavy atom. The molecule has 1 aliphatic heterocycles. The van der Waals surface area contributed by atoms with Gasteiger partial charge in [-0.05, 0) is 13.3 Å². The molecule has 0 aromatic rings.